The zero-order valence-electron chi connectivity index (χ0n) is 14.4. The standard InChI is InChI=1S/C18H24N4O2/c1-19-18(22-13-14-8-9-17(24-3)21-12-14)20-11-10-15-6-4-5-7-16(15)23-2/h4-9,12H,10-11,13H2,1-3H3,(H2,19,20,22). The molecule has 2 N–H and O–H groups in total. The van der Waals surface area contributed by atoms with E-state index in [0.717, 1.165) is 30.2 Å². The van der Waals surface area contributed by atoms with E-state index in [1.165, 1.54) is 5.56 Å². The molecule has 0 atom stereocenters. The third-order valence-electron chi connectivity index (χ3n) is 3.57. The van der Waals surface area contributed by atoms with Crippen LogP contribution in [0.1, 0.15) is 11.1 Å². The van der Waals surface area contributed by atoms with Crippen LogP contribution in [0.15, 0.2) is 47.6 Å². The lowest BCUT2D eigenvalue weighted by Gasteiger charge is -2.13. The zero-order valence-corrected chi connectivity index (χ0v) is 14.4. The van der Waals surface area contributed by atoms with Crippen LogP contribution in [-0.2, 0) is 13.0 Å². The van der Waals surface area contributed by atoms with E-state index in [4.69, 9.17) is 9.47 Å². The van der Waals surface area contributed by atoms with Crippen molar-refractivity contribution in [3.8, 4) is 11.6 Å². The number of benzene rings is 1. The van der Waals surface area contributed by atoms with Gasteiger partial charge in [0, 0.05) is 32.4 Å². The van der Waals surface area contributed by atoms with E-state index in [1.807, 2.05) is 30.3 Å². The lowest BCUT2D eigenvalue weighted by Crippen LogP contribution is -2.37. The molecule has 0 saturated carbocycles. The van der Waals surface area contributed by atoms with Crippen LogP contribution in [0, 0.1) is 0 Å². The Morgan fingerprint density at radius 1 is 1.08 bits per heavy atom. The number of aliphatic imine (C=N–C) groups is 1. The molecular formula is C18H24N4O2. The lowest BCUT2D eigenvalue weighted by atomic mass is 10.1. The van der Waals surface area contributed by atoms with Crippen molar-refractivity contribution in [2.75, 3.05) is 27.8 Å². The number of para-hydroxylation sites is 1. The van der Waals surface area contributed by atoms with Gasteiger partial charge in [0.1, 0.15) is 5.75 Å². The predicted molar refractivity (Wildman–Crippen MR) is 95.7 cm³/mol. The van der Waals surface area contributed by atoms with E-state index in [2.05, 4.69) is 26.7 Å². The van der Waals surface area contributed by atoms with Gasteiger partial charge in [-0.3, -0.25) is 4.99 Å². The fraction of sp³-hybridized carbons (Fsp3) is 0.333. The fourth-order valence-electron chi connectivity index (χ4n) is 2.27. The molecule has 0 aliphatic rings. The molecule has 24 heavy (non-hydrogen) atoms. The predicted octanol–water partition coefficient (Wildman–Crippen LogP) is 2.01. The number of rotatable bonds is 7. The highest BCUT2D eigenvalue weighted by Gasteiger charge is 2.03. The topological polar surface area (TPSA) is 67.8 Å². The molecule has 1 aromatic carbocycles. The maximum absolute atomic E-state index is 5.36. The zero-order chi connectivity index (χ0) is 17.2. The summed E-state index contributed by atoms with van der Waals surface area (Å²) in [5.41, 5.74) is 2.23. The molecule has 2 rings (SSSR count). The monoisotopic (exact) mass is 328 g/mol. The summed E-state index contributed by atoms with van der Waals surface area (Å²) in [4.78, 5) is 8.41. The third kappa shape index (κ3) is 5.15. The first-order chi connectivity index (χ1) is 11.8. The van der Waals surface area contributed by atoms with Gasteiger partial charge in [-0.25, -0.2) is 4.98 Å². The van der Waals surface area contributed by atoms with Crippen LogP contribution in [0.5, 0.6) is 11.6 Å². The van der Waals surface area contributed by atoms with Crippen molar-refractivity contribution < 1.29 is 9.47 Å². The largest absolute Gasteiger partial charge is 0.496 e. The van der Waals surface area contributed by atoms with Gasteiger partial charge < -0.3 is 20.1 Å². The molecule has 0 unspecified atom stereocenters. The number of ether oxygens (including phenoxy) is 2. The Hall–Kier alpha value is -2.76. The Morgan fingerprint density at radius 2 is 1.92 bits per heavy atom. The molecule has 0 saturated heterocycles. The third-order valence-corrected chi connectivity index (χ3v) is 3.57. The van der Waals surface area contributed by atoms with Crippen molar-refractivity contribution in [1.82, 2.24) is 15.6 Å². The molecule has 0 aliphatic carbocycles. The van der Waals surface area contributed by atoms with Gasteiger partial charge in [0.05, 0.1) is 14.2 Å². The molecular weight excluding hydrogens is 304 g/mol. The first kappa shape index (κ1) is 17.6. The second-order valence-corrected chi connectivity index (χ2v) is 5.12. The highest BCUT2D eigenvalue weighted by atomic mass is 16.5. The summed E-state index contributed by atoms with van der Waals surface area (Å²) >= 11 is 0. The minimum Gasteiger partial charge on any atom is -0.496 e. The van der Waals surface area contributed by atoms with Gasteiger partial charge in [-0.2, -0.15) is 0 Å². The first-order valence-electron chi connectivity index (χ1n) is 7.82. The minimum absolute atomic E-state index is 0.609. The second-order valence-electron chi connectivity index (χ2n) is 5.12. The molecule has 1 heterocycles. The minimum atomic E-state index is 0.609. The smallest absolute Gasteiger partial charge is 0.212 e. The van der Waals surface area contributed by atoms with Crippen molar-refractivity contribution in [2.24, 2.45) is 4.99 Å². The Balaban J connectivity index is 1.79. The van der Waals surface area contributed by atoms with Crippen LogP contribution in [-0.4, -0.2) is 38.8 Å². The maximum atomic E-state index is 5.36. The van der Waals surface area contributed by atoms with E-state index in [-0.39, 0.29) is 0 Å². The Kier molecular flexibility index (Phi) is 6.89. The van der Waals surface area contributed by atoms with Crippen LogP contribution >= 0.6 is 0 Å². The van der Waals surface area contributed by atoms with Crippen molar-refractivity contribution in [3.63, 3.8) is 0 Å². The summed E-state index contributed by atoms with van der Waals surface area (Å²) in [6, 6.07) is 11.8. The fourth-order valence-corrected chi connectivity index (χ4v) is 2.27. The van der Waals surface area contributed by atoms with Gasteiger partial charge in [-0.05, 0) is 23.6 Å². The molecule has 6 heteroatoms. The van der Waals surface area contributed by atoms with Gasteiger partial charge >= 0.3 is 0 Å². The number of pyridine rings is 1. The van der Waals surface area contributed by atoms with E-state index < -0.39 is 0 Å². The molecule has 128 valence electrons. The van der Waals surface area contributed by atoms with Crippen LogP contribution in [0.2, 0.25) is 0 Å². The summed E-state index contributed by atoms with van der Waals surface area (Å²) < 4.78 is 10.4. The molecule has 1 aromatic heterocycles. The number of hydrogen-bond acceptors (Lipinski definition) is 4. The summed E-state index contributed by atoms with van der Waals surface area (Å²) in [7, 11) is 5.05. The number of aromatic nitrogens is 1. The molecule has 2 aromatic rings. The number of guanidine groups is 1. The van der Waals surface area contributed by atoms with Gasteiger partial charge in [0.15, 0.2) is 5.96 Å². The molecule has 0 amide bonds. The Morgan fingerprint density at radius 3 is 2.58 bits per heavy atom. The van der Waals surface area contributed by atoms with Crippen LogP contribution in [0.25, 0.3) is 0 Å². The summed E-state index contributed by atoms with van der Waals surface area (Å²) in [6.07, 6.45) is 2.64. The average Bonchev–Trinajstić information content (AvgIpc) is 2.65. The van der Waals surface area contributed by atoms with Crippen LogP contribution in [0.4, 0.5) is 0 Å². The van der Waals surface area contributed by atoms with Crippen LogP contribution in [0.3, 0.4) is 0 Å². The molecule has 0 radical (unpaired) electrons. The summed E-state index contributed by atoms with van der Waals surface area (Å²) in [6.45, 7) is 1.41. The average molecular weight is 328 g/mol. The Bertz CT molecular complexity index is 656. The van der Waals surface area contributed by atoms with Crippen LogP contribution < -0.4 is 20.1 Å². The number of methoxy groups -OCH3 is 2. The van der Waals surface area contributed by atoms with Gasteiger partial charge in [-0.1, -0.05) is 24.3 Å². The van der Waals surface area contributed by atoms with Crippen molar-refractivity contribution in [2.45, 2.75) is 13.0 Å². The van der Waals surface area contributed by atoms with E-state index in [0.29, 0.717) is 12.4 Å². The molecule has 0 fully saturated rings. The van der Waals surface area contributed by atoms with Crippen molar-refractivity contribution in [3.05, 3.63) is 53.7 Å². The second kappa shape index (κ2) is 9.39. The summed E-state index contributed by atoms with van der Waals surface area (Å²) in [5, 5.41) is 6.57. The van der Waals surface area contributed by atoms with Gasteiger partial charge in [0.2, 0.25) is 5.88 Å². The van der Waals surface area contributed by atoms with Gasteiger partial charge in [-0.15, -0.1) is 0 Å². The molecule has 0 aliphatic heterocycles. The SMILES string of the molecule is CN=C(NCCc1ccccc1OC)NCc1ccc(OC)nc1. The highest BCUT2D eigenvalue weighted by molar-refractivity contribution is 5.79. The van der Waals surface area contributed by atoms with E-state index >= 15 is 0 Å². The molecule has 0 spiro atoms. The lowest BCUT2D eigenvalue weighted by molar-refractivity contribution is 0.397. The number of nitrogens with one attached hydrogen (secondary N) is 2. The Labute approximate surface area is 142 Å². The number of hydrogen-bond donors (Lipinski definition) is 2. The maximum Gasteiger partial charge on any atom is 0.212 e. The molecule has 0 bridgehead atoms. The van der Waals surface area contributed by atoms with E-state index in [9.17, 15) is 0 Å². The first-order valence-corrected chi connectivity index (χ1v) is 7.82. The number of nitrogens with zero attached hydrogens (tertiary/aromatic N) is 2. The normalized spacial score (nSPS) is 11.0. The van der Waals surface area contributed by atoms with Crippen molar-refractivity contribution >= 4 is 5.96 Å². The summed E-state index contributed by atoms with van der Waals surface area (Å²) in [5.74, 6) is 2.27. The van der Waals surface area contributed by atoms with E-state index in [1.54, 1.807) is 27.5 Å². The molecule has 6 nitrogen and oxygen atoms in total. The quantitative estimate of drug-likeness (QED) is 0.601. The van der Waals surface area contributed by atoms with Gasteiger partial charge in [0.25, 0.3) is 0 Å². The highest BCUT2D eigenvalue weighted by Crippen LogP contribution is 2.17. The van der Waals surface area contributed by atoms with Crippen molar-refractivity contribution in [1.29, 1.82) is 0 Å².